The van der Waals surface area contributed by atoms with E-state index in [-0.39, 0.29) is 18.9 Å². The van der Waals surface area contributed by atoms with Crippen LogP contribution in [-0.4, -0.2) is 53.3 Å². The summed E-state index contributed by atoms with van der Waals surface area (Å²) < 4.78 is 40.9. The van der Waals surface area contributed by atoms with Crippen molar-refractivity contribution in [3.8, 4) is 0 Å². The molecule has 138 valence electrons. The molecule has 2 rings (SSSR count). The predicted octanol–water partition coefficient (Wildman–Crippen LogP) is 1.44. The molecule has 0 bridgehead atoms. The highest BCUT2D eigenvalue weighted by atomic mass is 19.2. The lowest BCUT2D eigenvalue weighted by atomic mass is 10.1. The molecule has 2 N–H and O–H groups in total. The fourth-order valence-electron chi connectivity index (χ4n) is 3.11. The lowest BCUT2D eigenvalue weighted by Crippen LogP contribution is -2.48. The fourth-order valence-corrected chi connectivity index (χ4v) is 3.11. The Morgan fingerprint density at radius 1 is 1.20 bits per heavy atom. The summed E-state index contributed by atoms with van der Waals surface area (Å²) in [7, 11) is 0. The van der Waals surface area contributed by atoms with Crippen molar-refractivity contribution in [1.29, 1.82) is 0 Å². The van der Waals surface area contributed by atoms with Gasteiger partial charge in [0.25, 0.3) is 0 Å². The third-order valence-electron chi connectivity index (χ3n) is 4.48. The summed E-state index contributed by atoms with van der Waals surface area (Å²) in [4.78, 5) is 27.9. The largest absolute Gasteiger partial charge is 0.341 e. The summed E-state index contributed by atoms with van der Waals surface area (Å²) in [5.74, 6) is -4.50. The maximum Gasteiger partial charge on any atom is 0.245 e. The number of rotatable bonds is 5. The van der Waals surface area contributed by atoms with Crippen molar-refractivity contribution < 1.29 is 22.8 Å². The molecule has 1 aromatic carbocycles. The quantitative estimate of drug-likeness (QED) is 0.811. The van der Waals surface area contributed by atoms with Gasteiger partial charge in [-0.25, -0.2) is 13.2 Å². The SMILES string of the molecule is CCN(CC)C(=O)[C@@H]1C[C@H](N)CN1C(=O)Cc1c(F)ccc(F)c1F. The number of carbonyl (C=O) groups excluding carboxylic acids is 2. The van der Waals surface area contributed by atoms with Crippen LogP contribution in [0.15, 0.2) is 12.1 Å². The molecule has 1 aromatic rings. The average Bonchev–Trinajstić information content (AvgIpc) is 2.98. The van der Waals surface area contributed by atoms with Crippen molar-refractivity contribution in [3.63, 3.8) is 0 Å². The zero-order chi connectivity index (χ0) is 18.7. The minimum atomic E-state index is -1.39. The van der Waals surface area contributed by atoms with Crippen LogP contribution in [0, 0.1) is 17.5 Å². The van der Waals surface area contributed by atoms with Gasteiger partial charge in [0.05, 0.1) is 6.42 Å². The molecular formula is C17H22F3N3O2. The number of nitrogens with two attached hydrogens (primary N) is 1. The standard InChI is InChI=1S/C17H22F3N3O2/c1-3-22(4-2)17(25)14-7-10(21)9-23(14)15(24)8-11-12(18)5-6-13(19)16(11)20/h5-6,10,14H,3-4,7-9,21H2,1-2H3/t10-,14-/m0/s1. The third kappa shape index (κ3) is 3.95. The van der Waals surface area contributed by atoms with E-state index in [1.807, 2.05) is 13.8 Å². The molecule has 0 spiro atoms. The Kier molecular flexibility index (Phi) is 6.05. The van der Waals surface area contributed by atoms with Gasteiger partial charge in [-0.15, -0.1) is 0 Å². The van der Waals surface area contributed by atoms with Gasteiger partial charge in [0, 0.05) is 31.2 Å². The van der Waals surface area contributed by atoms with Gasteiger partial charge in [0.2, 0.25) is 11.8 Å². The fraction of sp³-hybridized carbons (Fsp3) is 0.529. The van der Waals surface area contributed by atoms with Crippen LogP contribution in [0.1, 0.15) is 25.8 Å². The van der Waals surface area contributed by atoms with Gasteiger partial charge in [0.1, 0.15) is 11.9 Å². The average molecular weight is 357 g/mol. The number of halogens is 3. The second-order valence-corrected chi connectivity index (χ2v) is 6.07. The van der Waals surface area contributed by atoms with E-state index in [2.05, 4.69) is 0 Å². The zero-order valence-electron chi connectivity index (χ0n) is 14.3. The molecule has 1 fully saturated rings. The number of hydrogen-bond donors (Lipinski definition) is 1. The summed E-state index contributed by atoms with van der Waals surface area (Å²) in [5.41, 5.74) is 5.24. The molecule has 1 aliphatic rings. The van der Waals surface area contributed by atoms with Crippen LogP contribution in [0.5, 0.6) is 0 Å². The predicted molar refractivity (Wildman–Crippen MR) is 86.0 cm³/mol. The summed E-state index contributed by atoms with van der Waals surface area (Å²) in [5, 5.41) is 0. The van der Waals surface area contributed by atoms with Gasteiger partial charge in [-0.05, 0) is 32.4 Å². The van der Waals surface area contributed by atoms with Crippen LogP contribution < -0.4 is 5.73 Å². The molecule has 0 radical (unpaired) electrons. The lowest BCUT2D eigenvalue weighted by molar-refractivity contribution is -0.143. The molecular weight excluding hydrogens is 335 g/mol. The zero-order valence-corrected chi connectivity index (χ0v) is 14.3. The van der Waals surface area contributed by atoms with E-state index in [0.717, 1.165) is 6.07 Å². The second kappa shape index (κ2) is 7.86. The molecule has 0 aliphatic carbocycles. The normalized spacial score (nSPS) is 20.0. The van der Waals surface area contributed by atoms with E-state index in [1.165, 1.54) is 4.90 Å². The molecule has 5 nitrogen and oxygen atoms in total. The van der Waals surface area contributed by atoms with Crippen molar-refractivity contribution in [2.24, 2.45) is 5.73 Å². The Hall–Kier alpha value is -2.09. The molecule has 1 aliphatic heterocycles. The number of carbonyl (C=O) groups is 2. The van der Waals surface area contributed by atoms with E-state index in [9.17, 15) is 22.8 Å². The highest BCUT2D eigenvalue weighted by Gasteiger charge is 2.39. The van der Waals surface area contributed by atoms with Crippen molar-refractivity contribution in [2.45, 2.75) is 38.8 Å². The number of hydrogen-bond acceptors (Lipinski definition) is 3. The maximum atomic E-state index is 13.8. The third-order valence-corrected chi connectivity index (χ3v) is 4.48. The molecule has 0 unspecified atom stereocenters. The first-order valence-corrected chi connectivity index (χ1v) is 8.26. The van der Waals surface area contributed by atoms with Crippen LogP contribution in [-0.2, 0) is 16.0 Å². The van der Waals surface area contributed by atoms with Crippen LogP contribution in [0.3, 0.4) is 0 Å². The van der Waals surface area contributed by atoms with E-state index in [4.69, 9.17) is 5.73 Å². The molecule has 0 saturated carbocycles. The van der Waals surface area contributed by atoms with Crippen LogP contribution in [0.25, 0.3) is 0 Å². The molecule has 0 aromatic heterocycles. The number of benzene rings is 1. The second-order valence-electron chi connectivity index (χ2n) is 6.07. The number of likely N-dealkylation sites (tertiary alicyclic amines) is 1. The molecule has 8 heteroatoms. The van der Waals surface area contributed by atoms with Gasteiger partial charge in [-0.2, -0.15) is 0 Å². The van der Waals surface area contributed by atoms with Crippen LogP contribution in [0.2, 0.25) is 0 Å². The first kappa shape index (κ1) is 19.2. The smallest absolute Gasteiger partial charge is 0.245 e. The Morgan fingerprint density at radius 2 is 1.80 bits per heavy atom. The van der Waals surface area contributed by atoms with Crippen molar-refractivity contribution in [2.75, 3.05) is 19.6 Å². The van der Waals surface area contributed by atoms with E-state index in [1.54, 1.807) is 4.90 Å². The van der Waals surface area contributed by atoms with E-state index < -0.39 is 47.4 Å². The summed E-state index contributed by atoms with van der Waals surface area (Å²) >= 11 is 0. The number of nitrogens with zero attached hydrogens (tertiary/aromatic N) is 2. The Balaban J connectivity index is 2.22. The Morgan fingerprint density at radius 3 is 2.40 bits per heavy atom. The monoisotopic (exact) mass is 357 g/mol. The topological polar surface area (TPSA) is 66.6 Å². The van der Waals surface area contributed by atoms with E-state index in [0.29, 0.717) is 19.2 Å². The molecule has 1 heterocycles. The maximum absolute atomic E-state index is 13.8. The highest BCUT2D eigenvalue weighted by Crippen LogP contribution is 2.22. The first-order valence-electron chi connectivity index (χ1n) is 8.26. The van der Waals surface area contributed by atoms with Crippen molar-refractivity contribution >= 4 is 11.8 Å². The molecule has 2 amide bonds. The van der Waals surface area contributed by atoms with Crippen molar-refractivity contribution in [1.82, 2.24) is 9.80 Å². The van der Waals surface area contributed by atoms with Gasteiger partial charge in [0.15, 0.2) is 11.6 Å². The van der Waals surface area contributed by atoms with Gasteiger partial charge >= 0.3 is 0 Å². The Labute approximate surface area is 144 Å². The van der Waals surface area contributed by atoms with Gasteiger partial charge in [-0.1, -0.05) is 0 Å². The molecule has 2 atom stereocenters. The van der Waals surface area contributed by atoms with Crippen LogP contribution >= 0.6 is 0 Å². The minimum absolute atomic E-state index is 0.120. The first-order chi connectivity index (χ1) is 11.8. The molecule has 25 heavy (non-hydrogen) atoms. The van der Waals surface area contributed by atoms with Crippen molar-refractivity contribution in [3.05, 3.63) is 35.1 Å². The lowest BCUT2D eigenvalue weighted by Gasteiger charge is -2.29. The van der Waals surface area contributed by atoms with E-state index >= 15 is 0 Å². The Bertz CT molecular complexity index is 665. The van der Waals surface area contributed by atoms with Crippen LogP contribution in [0.4, 0.5) is 13.2 Å². The summed E-state index contributed by atoms with van der Waals surface area (Å²) in [6, 6.07) is 0.282. The van der Waals surface area contributed by atoms with Gasteiger partial charge in [-0.3, -0.25) is 9.59 Å². The van der Waals surface area contributed by atoms with Gasteiger partial charge < -0.3 is 15.5 Å². The number of amides is 2. The molecule has 1 saturated heterocycles. The highest BCUT2D eigenvalue weighted by molar-refractivity contribution is 5.89. The summed E-state index contributed by atoms with van der Waals surface area (Å²) in [6.45, 7) is 4.72. The number of likely N-dealkylation sites (N-methyl/N-ethyl adjacent to an activating group) is 1. The summed E-state index contributed by atoms with van der Waals surface area (Å²) in [6.07, 6.45) is -0.376. The minimum Gasteiger partial charge on any atom is -0.341 e.